The molecule has 1 saturated heterocycles. The molecule has 204 valence electrons. The van der Waals surface area contributed by atoms with Crippen LogP contribution < -0.4 is 14.2 Å². The Morgan fingerprint density at radius 1 is 0.846 bits per heavy atom. The zero-order valence-electron chi connectivity index (χ0n) is 21.5. The lowest BCUT2D eigenvalue weighted by molar-refractivity contribution is 0.183. The van der Waals surface area contributed by atoms with E-state index in [0.29, 0.717) is 29.2 Å². The first-order chi connectivity index (χ1) is 18.9. The van der Waals surface area contributed by atoms with Crippen LogP contribution >= 0.6 is 23.2 Å². The Hall–Kier alpha value is -2.81. The molecular formula is C30H29Cl2NO5S. The molecule has 5 rings (SSSR count). The second-order valence-corrected chi connectivity index (χ2v) is 11.0. The molecule has 0 spiro atoms. The van der Waals surface area contributed by atoms with Gasteiger partial charge in [0.15, 0.2) is 11.1 Å². The fourth-order valence-electron chi connectivity index (χ4n) is 4.80. The van der Waals surface area contributed by atoms with E-state index in [0.717, 1.165) is 41.9 Å². The van der Waals surface area contributed by atoms with E-state index in [-0.39, 0.29) is 14.9 Å². The van der Waals surface area contributed by atoms with E-state index in [1.165, 1.54) is 25.3 Å². The van der Waals surface area contributed by atoms with E-state index in [2.05, 4.69) is 4.90 Å². The van der Waals surface area contributed by atoms with Gasteiger partial charge in [0.2, 0.25) is 0 Å². The standard InChI is InChI=1S/C30H29Cl2NO5S/c1-36-23-10-12-24-20(19-23)5-11-26(25-13-14-27(39(34)35)29(32)28(25)31)30(24)38-22-8-6-21(7-9-22)37-18-17-33-15-3-2-4-16-33/h5-14,19H,2-4,15-18H2,1H3,(H,34,35). The Morgan fingerprint density at radius 2 is 1.54 bits per heavy atom. The van der Waals surface area contributed by atoms with Crippen molar-refractivity contribution in [1.82, 2.24) is 4.90 Å². The van der Waals surface area contributed by atoms with Crippen LogP contribution in [-0.4, -0.2) is 47.0 Å². The van der Waals surface area contributed by atoms with Crippen molar-refractivity contribution in [3.05, 3.63) is 76.8 Å². The smallest absolute Gasteiger partial charge is 0.188 e. The minimum atomic E-state index is -2.26. The van der Waals surface area contributed by atoms with Crippen molar-refractivity contribution < 1.29 is 23.0 Å². The molecule has 1 heterocycles. The Kier molecular flexibility index (Phi) is 8.95. The van der Waals surface area contributed by atoms with E-state index < -0.39 is 11.1 Å². The van der Waals surface area contributed by atoms with Gasteiger partial charge in [-0.3, -0.25) is 4.90 Å². The van der Waals surface area contributed by atoms with Crippen LogP contribution in [0.1, 0.15) is 19.3 Å². The number of halogens is 2. The SMILES string of the molecule is COc1ccc2c(Oc3ccc(OCCN4CCCCC4)cc3)c(-c3ccc(S(=O)O)c(Cl)c3Cl)ccc2c1. The monoisotopic (exact) mass is 585 g/mol. The molecule has 0 amide bonds. The van der Waals surface area contributed by atoms with E-state index in [4.69, 9.17) is 37.4 Å². The molecule has 1 N–H and O–H groups in total. The molecule has 9 heteroatoms. The normalized spacial score (nSPS) is 14.8. The van der Waals surface area contributed by atoms with Gasteiger partial charge in [-0.25, -0.2) is 4.21 Å². The number of methoxy groups -OCH3 is 1. The number of hydrogen-bond donors (Lipinski definition) is 1. The summed E-state index contributed by atoms with van der Waals surface area (Å²) in [7, 11) is 1.62. The zero-order chi connectivity index (χ0) is 27.4. The highest BCUT2D eigenvalue weighted by atomic mass is 35.5. The molecule has 39 heavy (non-hydrogen) atoms. The molecule has 0 bridgehead atoms. The van der Waals surface area contributed by atoms with Gasteiger partial charge in [0.05, 0.1) is 22.1 Å². The van der Waals surface area contributed by atoms with Crippen LogP contribution in [0.2, 0.25) is 10.0 Å². The molecule has 4 aromatic rings. The minimum absolute atomic E-state index is 0.0295. The van der Waals surface area contributed by atoms with E-state index >= 15 is 0 Å². The number of hydrogen-bond acceptors (Lipinski definition) is 5. The summed E-state index contributed by atoms with van der Waals surface area (Å²) < 4.78 is 39.0. The highest BCUT2D eigenvalue weighted by Crippen LogP contribution is 2.45. The van der Waals surface area contributed by atoms with Crippen molar-refractivity contribution in [1.29, 1.82) is 0 Å². The first-order valence-corrected chi connectivity index (χ1v) is 14.6. The number of nitrogens with zero attached hydrogens (tertiary/aromatic N) is 1. The van der Waals surface area contributed by atoms with Gasteiger partial charge < -0.3 is 18.8 Å². The van der Waals surface area contributed by atoms with Crippen molar-refractivity contribution in [3.8, 4) is 34.1 Å². The summed E-state index contributed by atoms with van der Waals surface area (Å²) in [5, 5.41) is 1.96. The lowest BCUT2D eigenvalue weighted by Gasteiger charge is -2.26. The summed E-state index contributed by atoms with van der Waals surface area (Å²) in [6, 6.07) is 20.3. The summed E-state index contributed by atoms with van der Waals surface area (Å²) in [5.74, 6) is 2.70. The van der Waals surface area contributed by atoms with Gasteiger partial charge in [-0.15, -0.1) is 0 Å². The molecule has 4 aromatic carbocycles. The number of likely N-dealkylation sites (tertiary alicyclic amines) is 1. The van der Waals surface area contributed by atoms with E-state index in [9.17, 15) is 8.76 Å². The van der Waals surface area contributed by atoms with Gasteiger partial charge in [0.25, 0.3) is 0 Å². The van der Waals surface area contributed by atoms with Gasteiger partial charge in [-0.1, -0.05) is 41.8 Å². The topological polar surface area (TPSA) is 68.2 Å². The number of rotatable bonds is 9. The molecule has 1 atom stereocenters. The maximum atomic E-state index is 11.7. The van der Waals surface area contributed by atoms with Crippen LogP contribution in [0.25, 0.3) is 21.9 Å². The Morgan fingerprint density at radius 3 is 2.26 bits per heavy atom. The second-order valence-electron chi connectivity index (χ2n) is 9.34. The predicted octanol–water partition coefficient (Wildman–Crippen LogP) is 8.06. The van der Waals surface area contributed by atoms with Crippen LogP contribution in [0.3, 0.4) is 0 Å². The zero-order valence-corrected chi connectivity index (χ0v) is 23.8. The Bertz CT molecular complexity index is 1490. The van der Waals surface area contributed by atoms with Crippen LogP contribution in [0.4, 0.5) is 0 Å². The predicted molar refractivity (Wildman–Crippen MR) is 157 cm³/mol. The summed E-state index contributed by atoms with van der Waals surface area (Å²) >= 11 is 10.7. The molecule has 0 aromatic heterocycles. The summed E-state index contributed by atoms with van der Waals surface area (Å²) in [6.45, 7) is 3.85. The van der Waals surface area contributed by atoms with Gasteiger partial charge in [-0.2, -0.15) is 0 Å². The molecule has 6 nitrogen and oxygen atoms in total. The van der Waals surface area contributed by atoms with Gasteiger partial charge in [0.1, 0.15) is 29.6 Å². The van der Waals surface area contributed by atoms with Crippen molar-refractivity contribution in [2.75, 3.05) is 33.4 Å². The van der Waals surface area contributed by atoms with Crippen LogP contribution in [-0.2, 0) is 11.1 Å². The maximum Gasteiger partial charge on any atom is 0.188 e. The highest BCUT2D eigenvalue weighted by molar-refractivity contribution is 7.79. The lowest BCUT2D eigenvalue weighted by atomic mass is 9.99. The summed E-state index contributed by atoms with van der Waals surface area (Å²) in [6.07, 6.45) is 3.84. The number of piperidine rings is 1. The van der Waals surface area contributed by atoms with Crippen molar-refractivity contribution >= 4 is 45.1 Å². The first kappa shape index (κ1) is 27.7. The second kappa shape index (κ2) is 12.6. The van der Waals surface area contributed by atoms with Gasteiger partial charge in [-0.05, 0) is 85.9 Å². The number of fused-ring (bicyclic) bond motifs is 1. The maximum absolute atomic E-state index is 11.7. The number of benzene rings is 4. The molecule has 1 fully saturated rings. The molecule has 0 aliphatic carbocycles. The molecule has 1 aliphatic heterocycles. The summed E-state index contributed by atoms with van der Waals surface area (Å²) in [5.41, 5.74) is 1.28. The average Bonchev–Trinajstić information content (AvgIpc) is 2.96. The Labute approximate surface area is 240 Å². The largest absolute Gasteiger partial charge is 0.497 e. The highest BCUT2D eigenvalue weighted by Gasteiger charge is 2.20. The molecule has 1 unspecified atom stereocenters. The van der Waals surface area contributed by atoms with E-state index in [1.54, 1.807) is 13.2 Å². The molecule has 0 saturated carbocycles. The van der Waals surface area contributed by atoms with Crippen LogP contribution in [0.15, 0.2) is 71.6 Å². The van der Waals surface area contributed by atoms with Gasteiger partial charge in [0, 0.05) is 23.1 Å². The molecule has 0 radical (unpaired) electrons. The minimum Gasteiger partial charge on any atom is -0.497 e. The van der Waals surface area contributed by atoms with Crippen molar-refractivity contribution in [3.63, 3.8) is 0 Å². The third kappa shape index (κ3) is 6.34. The lowest BCUT2D eigenvalue weighted by Crippen LogP contribution is -2.33. The van der Waals surface area contributed by atoms with Crippen LogP contribution in [0.5, 0.6) is 23.0 Å². The van der Waals surface area contributed by atoms with Crippen molar-refractivity contribution in [2.45, 2.75) is 24.2 Å². The fourth-order valence-corrected chi connectivity index (χ4v) is 5.93. The fraction of sp³-hybridized carbons (Fsp3) is 0.267. The van der Waals surface area contributed by atoms with Crippen LogP contribution in [0, 0.1) is 0 Å². The van der Waals surface area contributed by atoms with E-state index in [1.807, 2.05) is 54.6 Å². The van der Waals surface area contributed by atoms with Crippen molar-refractivity contribution in [2.24, 2.45) is 0 Å². The number of ether oxygens (including phenoxy) is 3. The first-order valence-electron chi connectivity index (χ1n) is 12.8. The quantitative estimate of drug-likeness (QED) is 0.200. The molecular weight excluding hydrogens is 557 g/mol. The summed E-state index contributed by atoms with van der Waals surface area (Å²) in [4.78, 5) is 2.49. The Balaban J connectivity index is 1.45. The third-order valence-corrected chi connectivity index (χ3v) is 8.58. The molecule has 1 aliphatic rings. The average molecular weight is 587 g/mol. The van der Waals surface area contributed by atoms with Gasteiger partial charge >= 0.3 is 0 Å². The third-order valence-electron chi connectivity index (χ3n) is 6.87.